The second-order valence-electron chi connectivity index (χ2n) is 12.6. The summed E-state index contributed by atoms with van der Waals surface area (Å²) >= 11 is 0. The van der Waals surface area contributed by atoms with Crippen molar-refractivity contribution in [3.63, 3.8) is 0 Å². The van der Waals surface area contributed by atoms with E-state index < -0.39 is 42.6 Å². The number of nitrogens with one attached hydrogen (secondary N) is 2. The molecule has 0 atom stereocenters. The number of hydrogen-bond donors (Lipinski definition) is 2. The fourth-order valence-electron chi connectivity index (χ4n) is 6.11. The van der Waals surface area contributed by atoms with Crippen LogP contribution in [0.2, 0.25) is 0 Å². The number of fused-ring (bicyclic) bond motifs is 2. The molecule has 0 aromatic heterocycles. The maximum absolute atomic E-state index is 11.9. The molecule has 0 radical (unpaired) electrons. The van der Waals surface area contributed by atoms with Gasteiger partial charge in [-0.05, 0) is 50.6 Å². The van der Waals surface area contributed by atoms with Crippen molar-refractivity contribution in [1.29, 1.82) is 0 Å². The van der Waals surface area contributed by atoms with Gasteiger partial charge >= 0.3 is 57.4 Å². The number of carbonyl (C=O) groups is 1. The Bertz CT molecular complexity index is 1940. The molecule has 2 aromatic rings. The van der Waals surface area contributed by atoms with Crippen molar-refractivity contribution in [3.8, 4) is 0 Å². The zero-order chi connectivity index (χ0) is 34.8. The molecule has 2 aromatic carbocycles. The van der Waals surface area contributed by atoms with Crippen LogP contribution in [0.15, 0.2) is 84.6 Å². The summed E-state index contributed by atoms with van der Waals surface area (Å²) in [4.78, 5) is 13.8. The average molecular weight is 721 g/mol. The molecule has 0 saturated heterocycles. The number of amides is 2. The molecular weight excluding hydrogens is 680 g/mol. The normalized spacial score (nSPS) is 17.8. The standard InChI is InChI=1S/C34H42N4O7S2.K/c1-24-14-16-28-26(22-24)33(2,3)30(37(28)18-20-46(40,41)42)12-10-8-7-9-11-13-31-34(4,5)27-23-25(36-32(39)35-6)15-17-29(27)38(31)19-21-47(43,44)45;/h7-17,22-23H,18-21H2,1-6H3,(H3-,35,36,39,40,41,42,43,44,45);/q;+1/p-1. The number of aryl methyl sites for hydroxylation is 1. The maximum Gasteiger partial charge on any atom is 1.00 e. The summed E-state index contributed by atoms with van der Waals surface area (Å²) in [5.74, 6) is -1.08. The van der Waals surface area contributed by atoms with E-state index in [0.29, 0.717) is 5.69 Å². The van der Waals surface area contributed by atoms with E-state index in [1.807, 2.05) is 91.0 Å². The fourth-order valence-corrected chi connectivity index (χ4v) is 6.92. The molecular formula is C34H41KN4O7S2. The predicted molar refractivity (Wildman–Crippen MR) is 184 cm³/mol. The zero-order valence-corrected chi connectivity index (χ0v) is 33.2. The summed E-state index contributed by atoms with van der Waals surface area (Å²) < 4.78 is 70.7. The summed E-state index contributed by atoms with van der Waals surface area (Å²) in [7, 11) is -7.34. The van der Waals surface area contributed by atoms with Crippen LogP contribution in [-0.2, 0) is 31.1 Å². The molecule has 252 valence electrons. The van der Waals surface area contributed by atoms with Gasteiger partial charge in [-0.1, -0.05) is 61.9 Å². The van der Waals surface area contributed by atoms with Gasteiger partial charge in [-0.2, -0.15) is 4.58 Å². The van der Waals surface area contributed by atoms with Gasteiger partial charge in [0.05, 0.1) is 27.0 Å². The van der Waals surface area contributed by atoms with Gasteiger partial charge in [-0.15, -0.1) is 0 Å². The molecule has 14 heteroatoms. The summed E-state index contributed by atoms with van der Waals surface area (Å²) in [5.41, 5.74) is 5.89. The first-order chi connectivity index (χ1) is 21.8. The Hall–Kier alpha value is -2.40. The van der Waals surface area contributed by atoms with Gasteiger partial charge in [0, 0.05) is 53.8 Å². The smallest absolute Gasteiger partial charge is 0.748 e. The summed E-state index contributed by atoms with van der Waals surface area (Å²) in [6.07, 6.45) is 13.0. The SMILES string of the molecule is CNC(=O)Nc1ccc2c(c1)C(C)(C)C(/C=C/C=C/C=C/C=C1/N(CCS(=O)(=O)[O-])c3ccc(C)cc3C1(C)C)=[N+]2CCS(=O)(=O)[O-].[K+]. The van der Waals surface area contributed by atoms with E-state index >= 15 is 0 Å². The van der Waals surface area contributed by atoms with Gasteiger partial charge < -0.3 is 24.6 Å². The minimum absolute atomic E-state index is 0. The number of nitrogens with zero attached hydrogens (tertiary/aromatic N) is 2. The number of benzene rings is 2. The molecule has 0 unspecified atom stereocenters. The topological polar surface area (TPSA) is 162 Å². The molecule has 4 rings (SSSR count). The Morgan fingerprint density at radius 3 is 2.17 bits per heavy atom. The molecule has 48 heavy (non-hydrogen) atoms. The van der Waals surface area contributed by atoms with Gasteiger partial charge in [0.1, 0.15) is 10.1 Å². The van der Waals surface area contributed by atoms with E-state index in [9.17, 15) is 30.7 Å². The van der Waals surface area contributed by atoms with Crippen LogP contribution >= 0.6 is 0 Å². The van der Waals surface area contributed by atoms with Gasteiger partial charge in [-0.3, -0.25) is 0 Å². The quantitative estimate of drug-likeness (QED) is 0.153. The Labute approximate surface area is 326 Å². The molecule has 0 spiro atoms. The number of carbonyl (C=O) groups excluding carboxylic acids is 1. The van der Waals surface area contributed by atoms with E-state index in [4.69, 9.17) is 0 Å². The molecule has 2 N–H and O–H groups in total. The summed E-state index contributed by atoms with van der Waals surface area (Å²) in [5, 5.41) is 5.27. The first kappa shape index (κ1) is 40.0. The Kier molecular flexibility index (Phi) is 13.1. The van der Waals surface area contributed by atoms with Crippen molar-refractivity contribution in [2.45, 2.75) is 45.4 Å². The molecule has 2 aliphatic rings. The van der Waals surface area contributed by atoms with Crippen LogP contribution in [0.1, 0.15) is 44.4 Å². The third-order valence-corrected chi connectivity index (χ3v) is 9.87. The van der Waals surface area contributed by atoms with Crippen LogP contribution in [-0.4, -0.2) is 73.9 Å². The zero-order valence-electron chi connectivity index (χ0n) is 28.4. The molecule has 0 fully saturated rings. The molecule has 0 aliphatic carbocycles. The largest absolute Gasteiger partial charge is 1.00 e. The van der Waals surface area contributed by atoms with Gasteiger partial charge in [-0.25, -0.2) is 21.6 Å². The molecule has 2 aliphatic heterocycles. The Balaban J connectivity index is 0.00000625. The predicted octanol–water partition coefficient (Wildman–Crippen LogP) is 1.57. The van der Waals surface area contributed by atoms with Crippen molar-refractivity contribution in [1.82, 2.24) is 5.32 Å². The van der Waals surface area contributed by atoms with Crippen LogP contribution in [0.5, 0.6) is 0 Å². The third kappa shape index (κ3) is 9.43. The number of rotatable bonds is 11. The maximum atomic E-state index is 11.9. The van der Waals surface area contributed by atoms with E-state index in [0.717, 1.165) is 39.5 Å². The van der Waals surface area contributed by atoms with E-state index in [-0.39, 0.29) is 70.5 Å². The molecule has 11 nitrogen and oxygen atoms in total. The van der Waals surface area contributed by atoms with Gasteiger partial charge in [0.2, 0.25) is 5.69 Å². The molecule has 0 bridgehead atoms. The van der Waals surface area contributed by atoms with Gasteiger partial charge in [0.15, 0.2) is 12.3 Å². The molecule has 2 heterocycles. The van der Waals surface area contributed by atoms with Crippen LogP contribution in [0.3, 0.4) is 0 Å². The van der Waals surface area contributed by atoms with E-state index in [2.05, 4.69) is 30.5 Å². The second-order valence-corrected chi connectivity index (χ2v) is 15.6. The van der Waals surface area contributed by atoms with Crippen LogP contribution < -0.4 is 66.9 Å². The monoisotopic (exact) mass is 720 g/mol. The minimum atomic E-state index is -4.46. The first-order valence-electron chi connectivity index (χ1n) is 15.1. The number of anilines is 2. The third-order valence-electron chi connectivity index (χ3n) is 8.51. The summed E-state index contributed by atoms with van der Waals surface area (Å²) in [6, 6.07) is 11.0. The van der Waals surface area contributed by atoms with Crippen molar-refractivity contribution in [2.75, 3.05) is 41.9 Å². The molecule has 0 saturated carbocycles. The average Bonchev–Trinajstić information content (AvgIpc) is 3.31. The van der Waals surface area contributed by atoms with E-state index in [1.54, 1.807) is 12.1 Å². The van der Waals surface area contributed by atoms with Crippen molar-refractivity contribution < 1.29 is 86.7 Å². The van der Waals surface area contributed by atoms with Crippen molar-refractivity contribution in [2.24, 2.45) is 0 Å². The first-order valence-corrected chi connectivity index (χ1v) is 18.3. The molecule has 2 amide bonds. The van der Waals surface area contributed by atoms with Crippen molar-refractivity contribution in [3.05, 3.63) is 101 Å². The van der Waals surface area contributed by atoms with Gasteiger partial charge in [0.25, 0.3) is 0 Å². The van der Waals surface area contributed by atoms with Crippen molar-refractivity contribution >= 4 is 49.0 Å². The Morgan fingerprint density at radius 1 is 0.875 bits per heavy atom. The van der Waals surface area contributed by atoms with E-state index in [1.165, 1.54) is 7.05 Å². The Morgan fingerprint density at radius 2 is 1.52 bits per heavy atom. The summed E-state index contributed by atoms with van der Waals surface area (Å²) in [6.45, 7) is 10.1. The second kappa shape index (κ2) is 15.6. The number of allylic oxidation sites excluding steroid dienone is 8. The van der Waals surface area contributed by atoms with Crippen LogP contribution in [0, 0.1) is 6.92 Å². The number of urea groups is 1. The number of hydrogen-bond acceptors (Lipinski definition) is 8. The van der Waals surface area contributed by atoms with Crippen LogP contribution in [0.25, 0.3) is 0 Å². The minimum Gasteiger partial charge on any atom is -0.748 e. The van der Waals surface area contributed by atoms with Crippen LogP contribution in [0.4, 0.5) is 21.9 Å². The fraction of sp³-hybridized carbons (Fsp3) is 0.353.